The average molecular weight is 775 g/mol. The van der Waals surface area contributed by atoms with Gasteiger partial charge in [-0.25, -0.2) is 23.4 Å². The lowest BCUT2D eigenvalue weighted by Crippen LogP contribution is -2.50. The Bertz CT molecular complexity index is 1210. The van der Waals surface area contributed by atoms with E-state index in [1.54, 1.807) is 44.6 Å². The van der Waals surface area contributed by atoms with E-state index in [0.717, 1.165) is 19.6 Å². The van der Waals surface area contributed by atoms with Gasteiger partial charge in [0.25, 0.3) is 7.52 Å². The van der Waals surface area contributed by atoms with Crippen LogP contribution in [-0.4, -0.2) is 211 Å². The van der Waals surface area contributed by atoms with E-state index in [4.69, 9.17) is 27.8 Å². The lowest BCUT2D eigenvalue weighted by atomic mass is 10.2. The van der Waals surface area contributed by atoms with Crippen molar-refractivity contribution in [2.45, 2.75) is 57.4 Å². The Labute approximate surface area is 300 Å². The van der Waals surface area contributed by atoms with E-state index in [1.165, 1.54) is 0 Å². The Morgan fingerprint density at radius 1 is 0.600 bits per heavy atom. The number of piperazine rings is 1. The number of rotatable bonds is 16. The molecule has 0 bridgehead atoms. The van der Waals surface area contributed by atoms with Crippen LogP contribution in [0.3, 0.4) is 0 Å². The van der Waals surface area contributed by atoms with E-state index >= 15 is 0 Å². The third-order valence-electron chi connectivity index (χ3n) is 9.44. The highest BCUT2D eigenvalue weighted by Gasteiger charge is 2.45. The minimum atomic E-state index is -3.56. The molecule has 4 heterocycles. The largest absolute Gasteiger partial charge is 0.370 e. The second kappa shape index (κ2) is 18.6. The monoisotopic (exact) mass is 774 g/mol. The molecule has 20 heteroatoms. The predicted molar refractivity (Wildman–Crippen MR) is 195 cm³/mol. The van der Waals surface area contributed by atoms with Gasteiger partial charge in [-0.05, 0) is 70.1 Å². The Morgan fingerprint density at radius 2 is 1.04 bits per heavy atom. The van der Waals surface area contributed by atoms with Crippen molar-refractivity contribution >= 4 is 22.9 Å². The van der Waals surface area contributed by atoms with Crippen LogP contribution < -0.4 is 5.32 Å². The van der Waals surface area contributed by atoms with Gasteiger partial charge in [0.1, 0.15) is 0 Å². The molecule has 0 amide bonds. The molecule has 4 saturated heterocycles. The van der Waals surface area contributed by atoms with Crippen LogP contribution in [0, 0.1) is 0 Å². The molecule has 4 fully saturated rings. The van der Waals surface area contributed by atoms with Crippen molar-refractivity contribution in [1.82, 2.24) is 38.5 Å². The smallest absolute Gasteiger partial charge is 0.345 e. The zero-order chi connectivity index (χ0) is 36.9. The van der Waals surface area contributed by atoms with Crippen LogP contribution in [0.2, 0.25) is 0 Å². The molecule has 50 heavy (non-hydrogen) atoms. The summed E-state index contributed by atoms with van der Waals surface area (Å²) >= 11 is 0. The van der Waals surface area contributed by atoms with Gasteiger partial charge in [0.05, 0.1) is 62.7 Å². The number of hydrogen-bond acceptors (Lipinski definition) is 12. The van der Waals surface area contributed by atoms with Gasteiger partial charge >= 0.3 is 15.3 Å². The molecule has 17 nitrogen and oxygen atoms in total. The Kier molecular flexibility index (Phi) is 16.0. The molecule has 4 rings (SSSR count). The van der Waals surface area contributed by atoms with E-state index in [-0.39, 0.29) is 57.1 Å². The first-order valence-corrected chi connectivity index (χ1v) is 22.6. The summed E-state index contributed by atoms with van der Waals surface area (Å²) in [6, 6.07) is 0. The van der Waals surface area contributed by atoms with Crippen molar-refractivity contribution in [3.05, 3.63) is 0 Å². The van der Waals surface area contributed by atoms with Crippen LogP contribution in [0.1, 0.15) is 20.8 Å². The van der Waals surface area contributed by atoms with Crippen molar-refractivity contribution in [1.29, 1.82) is 0 Å². The molecular weight excluding hydrogens is 709 g/mol. The Hall–Kier alpha value is 0.130. The highest BCUT2D eigenvalue weighted by atomic mass is 31.2. The van der Waals surface area contributed by atoms with Crippen LogP contribution in [0.25, 0.3) is 0 Å². The van der Waals surface area contributed by atoms with Crippen molar-refractivity contribution in [2.24, 2.45) is 0 Å². The summed E-state index contributed by atoms with van der Waals surface area (Å²) in [5.74, 6) is 0. The molecule has 4 aliphatic rings. The number of hydrogen-bond donors (Lipinski definition) is 1. The molecule has 0 radical (unpaired) electrons. The average Bonchev–Trinajstić information content (AvgIpc) is 3.04. The Morgan fingerprint density at radius 3 is 1.54 bits per heavy atom. The molecule has 9 unspecified atom stereocenters. The molecule has 0 aliphatic carbocycles. The third kappa shape index (κ3) is 11.1. The summed E-state index contributed by atoms with van der Waals surface area (Å²) in [4.78, 5) is 4.40. The second-order valence-electron chi connectivity index (χ2n) is 14.6. The van der Waals surface area contributed by atoms with Crippen LogP contribution in [-0.2, 0) is 41.5 Å². The summed E-state index contributed by atoms with van der Waals surface area (Å²) in [5, 5.41) is 3.05. The fourth-order valence-electron chi connectivity index (χ4n) is 6.98. The van der Waals surface area contributed by atoms with Crippen LogP contribution in [0.15, 0.2) is 0 Å². The van der Waals surface area contributed by atoms with Gasteiger partial charge in [0.2, 0.25) is 0 Å². The summed E-state index contributed by atoms with van der Waals surface area (Å²) in [7, 11) is 2.72. The maximum absolute atomic E-state index is 14.7. The summed E-state index contributed by atoms with van der Waals surface area (Å²) in [6.07, 6.45) is -1.42. The zero-order valence-corrected chi connectivity index (χ0v) is 34.7. The van der Waals surface area contributed by atoms with Crippen molar-refractivity contribution < 1.29 is 41.5 Å². The molecule has 0 aromatic heterocycles. The summed E-state index contributed by atoms with van der Waals surface area (Å²) < 4.78 is 89.1. The first-order valence-electron chi connectivity index (χ1n) is 17.8. The van der Waals surface area contributed by atoms with Gasteiger partial charge in [-0.1, -0.05) is 0 Å². The van der Waals surface area contributed by atoms with Crippen LogP contribution in [0.5, 0.6) is 0 Å². The van der Waals surface area contributed by atoms with Gasteiger partial charge in [-0.2, -0.15) is 0 Å². The maximum Gasteiger partial charge on any atom is 0.345 e. The topological polar surface area (TPSA) is 141 Å². The predicted octanol–water partition coefficient (Wildman–Crippen LogP) is 1.89. The molecule has 0 aromatic carbocycles. The molecule has 294 valence electrons. The third-order valence-corrected chi connectivity index (χ3v) is 17.0. The first-order chi connectivity index (χ1) is 23.5. The normalized spacial score (nSPS) is 34.1. The molecule has 4 aliphatic heterocycles. The Balaban J connectivity index is 1.39. The number of likely N-dealkylation sites (N-methyl/N-ethyl adjacent to an activating group) is 2. The van der Waals surface area contributed by atoms with Crippen molar-refractivity contribution in [3.63, 3.8) is 0 Å². The highest BCUT2D eigenvalue weighted by Crippen LogP contribution is 2.56. The number of nitrogens with one attached hydrogen (secondary N) is 1. The van der Waals surface area contributed by atoms with Crippen molar-refractivity contribution in [2.75, 3.05) is 141 Å². The van der Waals surface area contributed by atoms with Crippen molar-refractivity contribution in [3.8, 4) is 0 Å². The zero-order valence-electron chi connectivity index (χ0n) is 32.0. The lowest BCUT2D eigenvalue weighted by Gasteiger charge is -2.44. The van der Waals surface area contributed by atoms with Gasteiger partial charge in [-0.15, -0.1) is 0 Å². The van der Waals surface area contributed by atoms with E-state index in [1.807, 2.05) is 41.8 Å². The van der Waals surface area contributed by atoms with E-state index in [2.05, 4.69) is 22.2 Å². The van der Waals surface area contributed by atoms with Crippen LogP contribution in [0.4, 0.5) is 0 Å². The molecule has 9 atom stereocenters. The highest BCUT2D eigenvalue weighted by molar-refractivity contribution is 7.56. The molecule has 1 N–H and O–H groups in total. The fourth-order valence-corrected chi connectivity index (χ4v) is 13.2. The summed E-state index contributed by atoms with van der Waals surface area (Å²) in [5.41, 5.74) is 0. The molecule has 0 saturated carbocycles. The van der Waals surface area contributed by atoms with E-state index in [9.17, 15) is 13.7 Å². The fraction of sp³-hybridized carbons (Fsp3) is 1.00. The number of ether oxygens (including phenoxy) is 3. The SMILES string of the molecule is CNCP(=O)(OCC1CN(C)CC(C)O1)N1CC(C)OC(COP(=O)(N(C)C)N2CC(C)OC(COP(=O)(N(C)C)N3CCN(C)CC3)C2)C1. The minimum absolute atomic E-state index is 0.0238. The maximum atomic E-state index is 14.7. The minimum Gasteiger partial charge on any atom is -0.370 e. The lowest BCUT2D eigenvalue weighted by molar-refractivity contribution is -0.0925. The summed E-state index contributed by atoms with van der Waals surface area (Å²) in [6.45, 7) is 12.0. The second-order valence-corrected chi connectivity index (χ2v) is 22.3. The number of nitrogens with zero attached hydrogens (tertiary/aromatic N) is 7. The molecule has 0 aromatic rings. The van der Waals surface area contributed by atoms with Gasteiger partial charge < -0.3 is 42.9 Å². The molecular formula is C30H65N8O9P3. The van der Waals surface area contributed by atoms with Gasteiger partial charge in [0, 0.05) is 65.4 Å². The van der Waals surface area contributed by atoms with Gasteiger partial charge in [-0.3, -0.25) is 13.7 Å². The van der Waals surface area contributed by atoms with E-state index in [0.29, 0.717) is 39.3 Å². The van der Waals surface area contributed by atoms with E-state index < -0.39 is 35.1 Å². The standard InChI is InChI=1S/C30H65N8O9P3/c1-25-15-35(10)18-28(45-25)21-42-48(39,24-31-4)37-16-26(2)46-29(19-37)22-44-50(41,33(7)8)38-17-27(3)47-30(20-38)23-43-49(40,32(5)6)36-13-11-34(9)12-14-36/h25-31H,11-24H2,1-10H3. The van der Waals surface area contributed by atoms with Gasteiger partial charge in [0.15, 0.2) is 0 Å². The first kappa shape index (κ1) is 42.9. The molecule has 0 spiro atoms. The quantitative estimate of drug-likeness (QED) is 0.228. The number of morpholine rings is 3. The van der Waals surface area contributed by atoms with Crippen LogP contribution >= 0.6 is 22.9 Å².